The van der Waals surface area contributed by atoms with Gasteiger partial charge in [-0.2, -0.15) is 0 Å². The van der Waals surface area contributed by atoms with Crippen molar-refractivity contribution in [3.63, 3.8) is 0 Å². The van der Waals surface area contributed by atoms with Crippen molar-refractivity contribution in [2.45, 2.75) is 11.3 Å². The summed E-state index contributed by atoms with van der Waals surface area (Å²) < 4.78 is 12.5. The Morgan fingerprint density at radius 2 is 2.30 bits per heavy atom. The molecule has 0 aliphatic carbocycles. The van der Waals surface area contributed by atoms with Gasteiger partial charge in [0.15, 0.2) is 0 Å². The van der Waals surface area contributed by atoms with E-state index in [1.807, 2.05) is 6.07 Å². The number of hydrogen-bond acceptors (Lipinski definition) is 1. The fourth-order valence-electron chi connectivity index (χ4n) is 1.14. The van der Waals surface area contributed by atoms with Crippen molar-refractivity contribution in [1.29, 1.82) is 0 Å². The summed E-state index contributed by atoms with van der Waals surface area (Å²) in [6.07, 6.45) is 1.10. The SMILES string of the molecule is Fc1ccc2c(c1)SCC2. The summed E-state index contributed by atoms with van der Waals surface area (Å²) >= 11 is 1.74. The quantitative estimate of drug-likeness (QED) is 0.553. The predicted molar refractivity (Wildman–Crippen MR) is 40.8 cm³/mol. The Kier molecular flexibility index (Phi) is 1.42. The minimum absolute atomic E-state index is 0.117. The summed E-state index contributed by atoms with van der Waals surface area (Å²) in [6.45, 7) is 0. The summed E-state index contributed by atoms with van der Waals surface area (Å²) in [6, 6.07) is 5.03. The summed E-state index contributed by atoms with van der Waals surface area (Å²) in [5.74, 6) is 0.992. The fourth-order valence-corrected chi connectivity index (χ4v) is 2.23. The van der Waals surface area contributed by atoms with Crippen LogP contribution in [0, 0.1) is 5.82 Å². The number of rotatable bonds is 0. The van der Waals surface area contributed by atoms with E-state index in [9.17, 15) is 4.39 Å². The zero-order valence-corrected chi connectivity index (χ0v) is 6.25. The van der Waals surface area contributed by atoms with Gasteiger partial charge in [0.25, 0.3) is 0 Å². The van der Waals surface area contributed by atoms with Gasteiger partial charge in [-0.05, 0) is 24.1 Å². The maximum absolute atomic E-state index is 12.5. The Labute approximate surface area is 63.4 Å². The van der Waals surface area contributed by atoms with Crippen LogP contribution in [-0.2, 0) is 6.42 Å². The monoisotopic (exact) mass is 154 g/mol. The number of aryl methyl sites for hydroxylation is 1. The van der Waals surface area contributed by atoms with Gasteiger partial charge in [-0.15, -0.1) is 11.8 Å². The van der Waals surface area contributed by atoms with Crippen LogP contribution in [0.1, 0.15) is 5.56 Å². The highest BCUT2D eigenvalue weighted by atomic mass is 32.2. The highest BCUT2D eigenvalue weighted by molar-refractivity contribution is 7.99. The molecule has 0 bridgehead atoms. The Morgan fingerprint density at radius 3 is 3.20 bits per heavy atom. The molecule has 1 aromatic carbocycles. The Bertz CT molecular complexity index is 257. The molecular weight excluding hydrogens is 147 g/mol. The third-order valence-corrected chi connectivity index (χ3v) is 2.76. The van der Waals surface area contributed by atoms with Gasteiger partial charge >= 0.3 is 0 Å². The summed E-state index contributed by atoms with van der Waals surface area (Å²) in [4.78, 5) is 1.12. The largest absolute Gasteiger partial charge is 0.207 e. The lowest BCUT2D eigenvalue weighted by molar-refractivity contribution is 0.623. The summed E-state index contributed by atoms with van der Waals surface area (Å²) in [5.41, 5.74) is 1.30. The standard InChI is InChI=1S/C8H7FS/c9-7-2-1-6-3-4-10-8(6)5-7/h1-2,5H,3-4H2. The van der Waals surface area contributed by atoms with Crippen molar-refractivity contribution in [3.05, 3.63) is 29.6 Å². The molecular formula is C8H7FS. The lowest BCUT2D eigenvalue weighted by atomic mass is 10.2. The number of hydrogen-bond donors (Lipinski definition) is 0. The van der Waals surface area contributed by atoms with E-state index in [-0.39, 0.29) is 5.82 Å². The maximum atomic E-state index is 12.5. The van der Waals surface area contributed by atoms with Crippen LogP contribution in [0.3, 0.4) is 0 Å². The van der Waals surface area contributed by atoms with Crippen molar-refractivity contribution in [2.24, 2.45) is 0 Å². The van der Waals surface area contributed by atoms with E-state index in [1.165, 1.54) is 11.6 Å². The second-order valence-electron chi connectivity index (χ2n) is 2.35. The molecule has 2 rings (SSSR count). The smallest absolute Gasteiger partial charge is 0.124 e. The first kappa shape index (κ1) is 6.23. The third-order valence-electron chi connectivity index (χ3n) is 1.66. The molecule has 0 fully saturated rings. The molecule has 0 radical (unpaired) electrons. The Hall–Kier alpha value is -0.500. The molecule has 1 aliphatic heterocycles. The average Bonchev–Trinajstić information content (AvgIpc) is 2.33. The van der Waals surface area contributed by atoms with Crippen LogP contribution in [0.2, 0.25) is 0 Å². The first-order valence-corrected chi connectivity index (χ1v) is 4.26. The molecule has 0 N–H and O–H groups in total. The minimum Gasteiger partial charge on any atom is -0.207 e. The molecule has 10 heavy (non-hydrogen) atoms. The van der Waals surface area contributed by atoms with Gasteiger partial charge in [-0.25, -0.2) is 4.39 Å². The Morgan fingerprint density at radius 1 is 1.40 bits per heavy atom. The molecule has 1 aliphatic rings. The normalized spacial score (nSPS) is 15.3. The second-order valence-corrected chi connectivity index (χ2v) is 3.49. The fraction of sp³-hybridized carbons (Fsp3) is 0.250. The predicted octanol–water partition coefficient (Wildman–Crippen LogP) is 2.47. The van der Waals surface area contributed by atoms with E-state index in [1.54, 1.807) is 17.8 Å². The molecule has 0 spiro atoms. The summed E-state index contributed by atoms with van der Waals surface area (Å²) in [7, 11) is 0. The van der Waals surface area contributed by atoms with Gasteiger partial charge < -0.3 is 0 Å². The van der Waals surface area contributed by atoms with Crippen molar-refractivity contribution in [2.75, 3.05) is 5.75 Å². The average molecular weight is 154 g/mol. The molecule has 0 atom stereocenters. The van der Waals surface area contributed by atoms with Crippen LogP contribution >= 0.6 is 11.8 Å². The van der Waals surface area contributed by atoms with Gasteiger partial charge in [-0.3, -0.25) is 0 Å². The number of benzene rings is 1. The van der Waals surface area contributed by atoms with E-state index in [0.717, 1.165) is 17.1 Å². The second kappa shape index (κ2) is 2.27. The minimum atomic E-state index is -0.117. The van der Waals surface area contributed by atoms with Gasteiger partial charge in [-0.1, -0.05) is 6.07 Å². The molecule has 2 heteroatoms. The number of fused-ring (bicyclic) bond motifs is 1. The van der Waals surface area contributed by atoms with Gasteiger partial charge in [0, 0.05) is 10.6 Å². The van der Waals surface area contributed by atoms with Crippen LogP contribution in [-0.4, -0.2) is 5.75 Å². The number of halogens is 1. The van der Waals surface area contributed by atoms with Gasteiger partial charge in [0.1, 0.15) is 5.82 Å². The molecule has 1 aromatic rings. The molecule has 0 saturated heterocycles. The van der Waals surface area contributed by atoms with Gasteiger partial charge in [0.2, 0.25) is 0 Å². The highest BCUT2D eigenvalue weighted by Crippen LogP contribution is 2.31. The molecule has 0 amide bonds. The van der Waals surface area contributed by atoms with Crippen molar-refractivity contribution >= 4 is 11.8 Å². The van der Waals surface area contributed by atoms with E-state index < -0.39 is 0 Å². The molecule has 0 unspecified atom stereocenters. The van der Waals surface area contributed by atoms with Crippen LogP contribution in [0.5, 0.6) is 0 Å². The van der Waals surface area contributed by atoms with Crippen LogP contribution in [0.4, 0.5) is 4.39 Å². The lowest BCUT2D eigenvalue weighted by Crippen LogP contribution is -1.80. The van der Waals surface area contributed by atoms with Crippen LogP contribution in [0.25, 0.3) is 0 Å². The zero-order chi connectivity index (χ0) is 6.97. The molecule has 52 valence electrons. The van der Waals surface area contributed by atoms with Crippen LogP contribution in [0.15, 0.2) is 23.1 Å². The third kappa shape index (κ3) is 0.926. The molecule has 0 saturated carbocycles. The topological polar surface area (TPSA) is 0 Å². The van der Waals surface area contributed by atoms with Crippen molar-refractivity contribution in [1.82, 2.24) is 0 Å². The zero-order valence-electron chi connectivity index (χ0n) is 5.43. The van der Waals surface area contributed by atoms with E-state index in [0.29, 0.717) is 0 Å². The molecule has 0 nitrogen and oxygen atoms in total. The van der Waals surface area contributed by atoms with Gasteiger partial charge in [0.05, 0.1) is 0 Å². The van der Waals surface area contributed by atoms with E-state index >= 15 is 0 Å². The summed E-state index contributed by atoms with van der Waals surface area (Å²) in [5, 5.41) is 0. The van der Waals surface area contributed by atoms with E-state index in [2.05, 4.69) is 0 Å². The van der Waals surface area contributed by atoms with Crippen molar-refractivity contribution in [3.8, 4) is 0 Å². The van der Waals surface area contributed by atoms with Crippen LogP contribution < -0.4 is 0 Å². The Balaban J connectivity index is 2.52. The van der Waals surface area contributed by atoms with E-state index in [4.69, 9.17) is 0 Å². The lowest BCUT2D eigenvalue weighted by Gasteiger charge is -1.94. The molecule has 0 aromatic heterocycles. The highest BCUT2D eigenvalue weighted by Gasteiger charge is 2.10. The molecule has 1 heterocycles. The van der Waals surface area contributed by atoms with Crippen molar-refractivity contribution < 1.29 is 4.39 Å². The first-order valence-electron chi connectivity index (χ1n) is 3.27. The number of thioether (sulfide) groups is 1. The first-order chi connectivity index (χ1) is 4.86. The maximum Gasteiger partial charge on any atom is 0.124 e.